The van der Waals surface area contributed by atoms with Gasteiger partial charge < -0.3 is 14.6 Å². The predicted octanol–water partition coefficient (Wildman–Crippen LogP) is 2.86. The van der Waals surface area contributed by atoms with Crippen molar-refractivity contribution in [2.24, 2.45) is 0 Å². The molecule has 1 aromatic rings. The number of ether oxygens (including phenoxy) is 2. The third-order valence-corrected chi connectivity index (χ3v) is 3.28. The van der Waals surface area contributed by atoms with E-state index < -0.39 is 6.10 Å². The summed E-state index contributed by atoms with van der Waals surface area (Å²) in [5.74, 6) is 0.712. The van der Waals surface area contributed by atoms with Gasteiger partial charge in [-0.15, -0.1) is 0 Å². The number of rotatable bonds is 6. The molecule has 2 atom stereocenters. The molecule has 0 aromatic carbocycles. The molecular weight excluding hydrogens is 242 g/mol. The van der Waals surface area contributed by atoms with Crippen LogP contribution in [0.25, 0.3) is 0 Å². The lowest BCUT2D eigenvalue weighted by Crippen LogP contribution is -2.09. The Morgan fingerprint density at radius 1 is 1.47 bits per heavy atom. The third-order valence-electron chi connectivity index (χ3n) is 3.28. The minimum absolute atomic E-state index is 0.112. The molecule has 1 aliphatic rings. The SMILES string of the molecule is CC(C)Oc1cncc(C(O)CCC2CCCO2)c1. The van der Waals surface area contributed by atoms with Crippen molar-refractivity contribution in [1.82, 2.24) is 4.98 Å². The molecule has 2 heterocycles. The molecular formula is C15H23NO3. The van der Waals surface area contributed by atoms with E-state index in [0.29, 0.717) is 18.3 Å². The maximum Gasteiger partial charge on any atom is 0.138 e. The van der Waals surface area contributed by atoms with E-state index in [0.717, 1.165) is 31.4 Å². The van der Waals surface area contributed by atoms with E-state index in [2.05, 4.69) is 4.98 Å². The highest BCUT2D eigenvalue weighted by Gasteiger charge is 2.18. The number of pyridine rings is 1. The molecule has 1 saturated heterocycles. The summed E-state index contributed by atoms with van der Waals surface area (Å²) in [6.07, 6.45) is 7.17. The van der Waals surface area contributed by atoms with Gasteiger partial charge in [-0.1, -0.05) is 0 Å². The zero-order valence-corrected chi connectivity index (χ0v) is 11.7. The Bertz CT molecular complexity index is 389. The predicted molar refractivity (Wildman–Crippen MR) is 73.2 cm³/mol. The van der Waals surface area contributed by atoms with E-state index in [4.69, 9.17) is 9.47 Å². The highest BCUT2D eigenvalue weighted by atomic mass is 16.5. The van der Waals surface area contributed by atoms with E-state index in [1.54, 1.807) is 12.4 Å². The van der Waals surface area contributed by atoms with Crippen LogP contribution in [0.5, 0.6) is 5.75 Å². The number of hydrogen-bond acceptors (Lipinski definition) is 4. The Kier molecular flexibility index (Phi) is 5.16. The van der Waals surface area contributed by atoms with Gasteiger partial charge in [0, 0.05) is 18.4 Å². The Morgan fingerprint density at radius 3 is 3.00 bits per heavy atom. The van der Waals surface area contributed by atoms with Gasteiger partial charge in [0.05, 0.1) is 24.5 Å². The normalized spacial score (nSPS) is 20.7. The Hall–Kier alpha value is -1.13. The van der Waals surface area contributed by atoms with E-state index in [1.807, 2.05) is 19.9 Å². The van der Waals surface area contributed by atoms with Crippen molar-refractivity contribution in [3.63, 3.8) is 0 Å². The van der Waals surface area contributed by atoms with Crippen LogP contribution in [0.2, 0.25) is 0 Å². The summed E-state index contributed by atoms with van der Waals surface area (Å²) in [6.45, 7) is 4.81. The second-order valence-corrected chi connectivity index (χ2v) is 5.35. The van der Waals surface area contributed by atoms with Crippen molar-refractivity contribution in [3.05, 3.63) is 24.0 Å². The first-order valence-corrected chi connectivity index (χ1v) is 7.06. The van der Waals surface area contributed by atoms with E-state index in [1.165, 1.54) is 0 Å². The molecule has 0 bridgehead atoms. The van der Waals surface area contributed by atoms with Gasteiger partial charge in [0.2, 0.25) is 0 Å². The Labute approximate surface area is 114 Å². The van der Waals surface area contributed by atoms with Crippen LogP contribution in [0.3, 0.4) is 0 Å². The van der Waals surface area contributed by atoms with E-state index in [-0.39, 0.29) is 6.10 Å². The number of aromatic nitrogens is 1. The summed E-state index contributed by atoms with van der Waals surface area (Å²) in [5, 5.41) is 10.2. The van der Waals surface area contributed by atoms with Crippen molar-refractivity contribution in [1.29, 1.82) is 0 Å². The molecule has 19 heavy (non-hydrogen) atoms. The van der Waals surface area contributed by atoms with Crippen molar-refractivity contribution in [2.45, 2.75) is 57.8 Å². The molecule has 1 aromatic heterocycles. The molecule has 0 spiro atoms. The molecule has 4 heteroatoms. The topological polar surface area (TPSA) is 51.6 Å². The van der Waals surface area contributed by atoms with Crippen molar-refractivity contribution >= 4 is 0 Å². The standard InChI is InChI=1S/C15H23NO3/c1-11(2)19-14-8-12(9-16-10-14)15(17)6-5-13-4-3-7-18-13/h8-11,13,15,17H,3-7H2,1-2H3. The Balaban J connectivity index is 1.88. The fourth-order valence-corrected chi connectivity index (χ4v) is 2.34. The van der Waals surface area contributed by atoms with Gasteiger partial charge in [0.25, 0.3) is 0 Å². The molecule has 0 saturated carbocycles. The molecule has 0 amide bonds. The number of hydrogen-bond donors (Lipinski definition) is 1. The van der Waals surface area contributed by atoms with Crippen molar-refractivity contribution in [2.75, 3.05) is 6.61 Å². The summed E-state index contributed by atoms with van der Waals surface area (Å²) in [7, 11) is 0. The summed E-state index contributed by atoms with van der Waals surface area (Å²) < 4.78 is 11.1. The van der Waals surface area contributed by atoms with Crippen LogP contribution in [0.1, 0.15) is 51.2 Å². The molecule has 2 unspecified atom stereocenters. The minimum atomic E-state index is -0.493. The van der Waals surface area contributed by atoms with Crippen LogP contribution in [0, 0.1) is 0 Å². The third kappa shape index (κ3) is 4.48. The molecule has 106 valence electrons. The maximum atomic E-state index is 10.2. The first-order chi connectivity index (χ1) is 9.15. The number of nitrogens with zero attached hydrogens (tertiary/aromatic N) is 1. The van der Waals surface area contributed by atoms with Crippen LogP contribution < -0.4 is 4.74 Å². The number of aliphatic hydroxyl groups excluding tert-OH is 1. The van der Waals surface area contributed by atoms with Crippen molar-refractivity contribution in [3.8, 4) is 5.75 Å². The zero-order chi connectivity index (χ0) is 13.7. The quantitative estimate of drug-likeness (QED) is 0.859. The summed E-state index contributed by atoms with van der Waals surface area (Å²) >= 11 is 0. The van der Waals surface area contributed by atoms with Crippen LogP contribution in [-0.2, 0) is 4.74 Å². The highest BCUT2D eigenvalue weighted by molar-refractivity contribution is 5.25. The largest absolute Gasteiger partial charge is 0.489 e. The van der Waals surface area contributed by atoms with Gasteiger partial charge in [0.1, 0.15) is 5.75 Å². The smallest absolute Gasteiger partial charge is 0.138 e. The fourth-order valence-electron chi connectivity index (χ4n) is 2.34. The van der Waals surface area contributed by atoms with Gasteiger partial charge in [-0.2, -0.15) is 0 Å². The van der Waals surface area contributed by atoms with Crippen molar-refractivity contribution < 1.29 is 14.6 Å². The molecule has 1 aliphatic heterocycles. The minimum Gasteiger partial charge on any atom is -0.489 e. The van der Waals surface area contributed by atoms with Crippen LogP contribution in [0.4, 0.5) is 0 Å². The highest BCUT2D eigenvalue weighted by Crippen LogP contribution is 2.25. The second-order valence-electron chi connectivity index (χ2n) is 5.35. The van der Waals surface area contributed by atoms with Gasteiger partial charge in [-0.05, 0) is 45.6 Å². The molecule has 0 radical (unpaired) electrons. The summed E-state index contributed by atoms with van der Waals surface area (Å²) in [4.78, 5) is 4.12. The van der Waals surface area contributed by atoms with Gasteiger partial charge >= 0.3 is 0 Å². The molecule has 2 rings (SSSR count). The van der Waals surface area contributed by atoms with E-state index >= 15 is 0 Å². The lowest BCUT2D eigenvalue weighted by Gasteiger charge is -2.15. The molecule has 0 aliphatic carbocycles. The lowest BCUT2D eigenvalue weighted by molar-refractivity contribution is 0.0810. The molecule has 1 N–H and O–H groups in total. The van der Waals surface area contributed by atoms with Crippen LogP contribution in [0.15, 0.2) is 18.5 Å². The van der Waals surface area contributed by atoms with Gasteiger partial charge in [0.15, 0.2) is 0 Å². The fraction of sp³-hybridized carbons (Fsp3) is 0.667. The van der Waals surface area contributed by atoms with Crippen LogP contribution in [-0.4, -0.2) is 28.9 Å². The molecule has 4 nitrogen and oxygen atoms in total. The lowest BCUT2D eigenvalue weighted by atomic mass is 10.0. The number of aliphatic hydroxyl groups is 1. The average Bonchev–Trinajstić information content (AvgIpc) is 2.88. The first kappa shape index (κ1) is 14.3. The van der Waals surface area contributed by atoms with Gasteiger partial charge in [-0.3, -0.25) is 4.98 Å². The second kappa shape index (κ2) is 6.87. The average molecular weight is 265 g/mol. The maximum absolute atomic E-state index is 10.2. The first-order valence-electron chi connectivity index (χ1n) is 7.06. The molecule has 1 fully saturated rings. The monoisotopic (exact) mass is 265 g/mol. The zero-order valence-electron chi connectivity index (χ0n) is 11.7. The Morgan fingerprint density at radius 2 is 2.32 bits per heavy atom. The van der Waals surface area contributed by atoms with Gasteiger partial charge in [-0.25, -0.2) is 0 Å². The summed E-state index contributed by atoms with van der Waals surface area (Å²) in [5.41, 5.74) is 0.816. The van der Waals surface area contributed by atoms with E-state index in [9.17, 15) is 5.11 Å². The summed E-state index contributed by atoms with van der Waals surface area (Å²) in [6, 6.07) is 1.87. The van der Waals surface area contributed by atoms with Crippen LogP contribution >= 0.6 is 0 Å².